The molecule has 1 rings (SSSR count). The van der Waals surface area contributed by atoms with E-state index in [0.717, 1.165) is 5.69 Å². The van der Waals surface area contributed by atoms with E-state index in [4.69, 9.17) is 10.5 Å². The normalized spacial score (nSPS) is 11.9. The lowest BCUT2D eigenvalue weighted by Crippen LogP contribution is -2.26. The molecule has 92 valence electrons. The standard InChI is InChI=1S/C9H17N3O3S/c1-12-7-9(5-8(12)6-10)16(13,14)11-3-4-15-2/h5,7,11H,3-4,6,10H2,1-2H3. The van der Waals surface area contributed by atoms with E-state index in [1.54, 1.807) is 17.7 Å². The summed E-state index contributed by atoms with van der Waals surface area (Å²) >= 11 is 0. The number of nitrogens with one attached hydrogen (secondary N) is 1. The van der Waals surface area contributed by atoms with Crippen LogP contribution in [0.2, 0.25) is 0 Å². The minimum atomic E-state index is -3.45. The van der Waals surface area contributed by atoms with Crippen LogP contribution in [-0.4, -0.2) is 33.2 Å². The molecule has 0 aromatic carbocycles. The predicted molar refractivity (Wildman–Crippen MR) is 60.4 cm³/mol. The zero-order valence-electron chi connectivity index (χ0n) is 9.43. The summed E-state index contributed by atoms with van der Waals surface area (Å²) in [6, 6.07) is 1.56. The first-order valence-electron chi connectivity index (χ1n) is 4.85. The van der Waals surface area contributed by atoms with Crippen molar-refractivity contribution < 1.29 is 13.2 Å². The molecule has 7 heteroatoms. The molecule has 6 nitrogen and oxygen atoms in total. The number of aryl methyl sites for hydroxylation is 1. The molecule has 0 atom stereocenters. The van der Waals surface area contributed by atoms with E-state index in [-0.39, 0.29) is 11.4 Å². The summed E-state index contributed by atoms with van der Waals surface area (Å²) < 4.78 is 32.4. The van der Waals surface area contributed by atoms with Gasteiger partial charge in [-0.2, -0.15) is 0 Å². The van der Waals surface area contributed by atoms with E-state index >= 15 is 0 Å². The minimum absolute atomic E-state index is 0.228. The Bertz CT molecular complexity index is 439. The largest absolute Gasteiger partial charge is 0.383 e. The van der Waals surface area contributed by atoms with Crippen LogP contribution in [0, 0.1) is 0 Å². The number of nitrogens with zero attached hydrogens (tertiary/aromatic N) is 1. The third kappa shape index (κ3) is 3.05. The van der Waals surface area contributed by atoms with E-state index in [0.29, 0.717) is 13.2 Å². The number of sulfonamides is 1. The fraction of sp³-hybridized carbons (Fsp3) is 0.556. The van der Waals surface area contributed by atoms with Crippen LogP contribution in [0.4, 0.5) is 0 Å². The van der Waals surface area contributed by atoms with Crippen LogP contribution in [0.5, 0.6) is 0 Å². The highest BCUT2D eigenvalue weighted by atomic mass is 32.2. The number of rotatable bonds is 6. The lowest BCUT2D eigenvalue weighted by atomic mass is 10.4. The van der Waals surface area contributed by atoms with Gasteiger partial charge in [-0.3, -0.25) is 0 Å². The van der Waals surface area contributed by atoms with E-state index in [1.807, 2.05) is 0 Å². The predicted octanol–water partition coefficient (Wildman–Crippen LogP) is -0.591. The zero-order chi connectivity index (χ0) is 12.2. The van der Waals surface area contributed by atoms with Crippen molar-refractivity contribution >= 4 is 10.0 Å². The Kier molecular flexibility index (Phi) is 4.48. The van der Waals surface area contributed by atoms with E-state index < -0.39 is 10.0 Å². The summed E-state index contributed by atoms with van der Waals surface area (Å²) in [5.74, 6) is 0. The van der Waals surface area contributed by atoms with Gasteiger partial charge in [-0.25, -0.2) is 13.1 Å². The first-order valence-corrected chi connectivity index (χ1v) is 6.33. The highest BCUT2D eigenvalue weighted by Crippen LogP contribution is 2.12. The van der Waals surface area contributed by atoms with Gasteiger partial charge in [-0.05, 0) is 6.07 Å². The molecule has 1 aromatic rings. The van der Waals surface area contributed by atoms with Crippen molar-refractivity contribution in [2.24, 2.45) is 12.8 Å². The van der Waals surface area contributed by atoms with Crippen molar-refractivity contribution in [3.8, 4) is 0 Å². The Balaban J connectivity index is 2.81. The number of nitrogens with two attached hydrogens (primary N) is 1. The molecule has 0 saturated carbocycles. The molecule has 3 N–H and O–H groups in total. The van der Waals surface area contributed by atoms with Crippen molar-refractivity contribution in [2.45, 2.75) is 11.4 Å². The van der Waals surface area contributed by atoms with Gasteiger partial charge in [0, 0.05) is 39.1 Å². The maximum atomic E-state index is 11.8. The Morgan fingerprint density at radius 3 is 2.75 bits per heavy atom. The Morgan fingerprint density at radius 1 is 1.56 bits per heavy atom. The van der Waals surface area contributed by atoms with Crippen molar-refractivity contribution in [3.05, 3.63) is 18.0 Å². The molecule has 1 aromatic heterocycles. The number of methoxy groups -OCH3 is 1. The van der Waals surface area contributed by atoms with Crippen LogP contribution in [0.3, 0.4) is 0 Å². The number of hydrogen-bond donors (Lipinski definition) is 2. The molecule has 0 saturated heterocycles. The van der Waals surface area contributed by atoms with Crippen molar-refractivity contribution in [3.63, 3.8) is 0 Å². The van der Waals surface area contributed by atoms with Gasteiger partial charge in [0.25, 0.3) is 0 Å². The third-order valence-electron chi connectivity index (χ3n) is 2.20. The summed E-state index contributed by atoms with van der Waals surface area (Å²) in [7, 11) is -0.173. The number of hydrogen-bond acceptors (Lipinski definition) is 4. The van der Waals surface area contributed by atoms with E-state index in [9.17, 15) is 8.42 Å². The van der Waals surface area contributed by atoms with Crippen LogP contribution in [0.15, 0.2) is 17.2 Å². The maximum Gasteiger partial charge on any atom is 0.242 e. The smallest absolute Gasteiger partial charge is 0.242 e. The van der Waals surface area contributed by atoms with Gasteiger partial charge in [-0.1, -0.05) is 0 Å². The van der Waals surface area contributed by atoms with Crippen molar-refractivity contribution in [2.75, 3.05) is 20.3 Å². The van der Waals surface area contributed by atoms with Crippen molar-refractivity contribution in [1.82, 2.24) is 9.29 Å². The second-order valence-corrected chi connectivity index (χ2v) is 5.14. The summed E-state index contributed by atoms with van der Waals surface area (Å²) in [6.45, 7) is 0.908. The molecule has 0 aliphatic carbocycles. The van der Waals surface area contributed by atoms with Gasteiger partial charge in [0.1, 0.15) is 0 Å². The average Bonchev–Trinajstić information content (AvgIpc) is 2.60. The Labute approximate surface area is 95.4 Å². The molecule has 0 amide bonds. The summed E-state index contributed by atoms with van der Waals surface area (Å²) in [6.07, 6.45) is 1.54. The SMILES string of the molecule is COCCNS(=O)(=O)c1cc(CN)n(C)c1. The van der Waals surface area contributed by atoms with Gasteiger partial charge in [0.05, 0.1) is 11.5 Å². The summed E-state index contributed by atoms with van der Waals surface area (Å²) in [4.78, 5) is 0.228. The molecule has 0 bridgehead atoms. The lowest BCUT2D eigenvalue weighted by molar-refractivity contribution is 0.204. The Hall–Kier alpha value is -0.890. The van der Waals surface area contributed by atoms with Crippen LogP contribution >= 0.6 is 0 Å². The molecule has 1 heterocycles. The van der Waals surface area contributed by atoms with Gasteiger partial charge in [0.2, 0.25) is 10.0 Å². The third-order valence-corrected chi connectivity index (χ3v) is 3.63. The fourth-order valence-electron chi connectivity index (χ4n) is 1.29. The minimum Gasteiger partial charge on any atom is -0.383 e. The summed E-state index contributed by atoms with van der Waals surface area (Å²) in [5, 5.41) is 0. The average molecular weight is 247 g/mol. The van der Waals surface area contributed by atoms with Gasteiger partial charge >= 0.3 is 0 Å². The monoisotopic (exact) mass is 247 g/mol. The van der Waals surface area contributed by atoms with Crippen molar-refractivity contribution in [1.29, 1.82) is 0 Å². The molecule has 0 aliphatic rings. The topological polar surface area (TPSA) is 86.3 Å². The van der Waals surface area contributed by atoms with Crippen LogP contribution < -0.4 is 10.5 Å². The molecular formula is C9H17N3O3S. The molecule has 0 spiro atoms. The van der Waals surface area contributed by atoms with E-state index in [2.05, 4.69) is 4.72 Å². The van der Waals surface area contributed by atoms with Gasteiger partial charge in [0.15, 0.2) is 0 Å². The molecule has 0 fully saturated rings. The second kappa shape index (κ2) is 5.44. The van der Waals surface area contributed by atoms with Crippen LogP contribution in [-0.2, 0) is 28.4 Å². The highest BCUT2D eigenvalue weighted by Gasteiger charge is 2.16. The molecular weight excluding hydrogens is 230 g/mol. The number of aromatic nitrogens is 1. The Morgan fingerprint density at radius 2 is 2.25 bits per heavy atom. The highest BCUT2D eigenvalue weighted by molar-refractivity contribution is 7.89. The van der Waals surface area contributed by atoms with Crippen LogP contribution in [0.25, 0.3) is 0 Å². The number of ether oxygens (including phenoxy) is 1. The van der Waals surface area contributed by atoms with E-state index in [1.165, 1.54) is 13.3 Å². The lowest BCUT2D eigenvalue weighted by Gasteiger charge is -2.03. The second-order valence-electron chi connectivity index (χ2n) is 3.37. The molecule has 0 unspecified atom stereocenters. The molecule has 16 heavy (non-hydrogen) atoms. The maximum absolute atomic E-state index is 11.8. The summed E-state index contributed by atoms with van der Waals surface area (Å²) in [5.41, 5.74) is 6.24. The first kappa shape index (κ1) is 13.2. The quantitative estimate of drug-likeness (QED) is 0.658. The van der Waals surface area contributed by atoms with Crippen LogP contribution in [0.1, 0.15) is 5.69 Å². The van der Waals surface area contributed by atoms with Gasteiger partial charge < -0.3 is 15.0 Å². The zero-order valence-corrected chi connectivity index (χ0v) is 10.3. The molecule has 0 radical (unpaired) electrons. The van der Waals surface area contributed by atoms with Gasteiger partial charge in [-0.15, -0.1) is 0 Å². The molecule has 0 aliphatic heterocycles. The first-order chi connectivity index (χ1) is 7.51. The fourth-order valence-corrected chi connectivity index (χ4v) is 2.40.